The molecule has 1 amide bonds. The summed E-state index contributed by atoms with van der Waals surface area (Å²) in [5.74, 6) is 1.87. The summed E-state index contributed by atoms with van der Waals surface area (Å²) in [4.78, 5) is 19.6. The molecular formula is C27H34N4O4S. The molecule has 1 fully saturated rings. The number of nitrogens with one attached hydrogen (secondary N) is 2. The lowest BCUT2D eigenvalue weighted by molar-refractivity contribution is -0.134. The number of pyridine rings is 1. The molecule has 0 radical (unpaired) electrons. The zero-order valence-electron chi connectivity index (χ0n) is 20.8. The minimum absolute atomic E-state index is 0.136. The predicted molar refractivity (Wildman–Crippen MR) is 142 cm³/mol. The topological polar surface area (TPSA) is 101 Å². The fourth-order valence-corrected chi connectivity index (χ4v) is 5.68. The molecular weight excluding hydrogens is 476 g/mol. The molecule has 4 rings (SSSR count). The molecule has 0 bridgehead atoms. The zero-order chi connectivity index (χ0) is 25.5. The summed E-state index contributed by atoms with van der Waals surface area (Å²) < 4.78 is 34.7. The van der Waals surface area contributed by atoms with Crippen molar-refractivity contribution in [2.24, 2.45) is 5.92 Å². The molecule has 1 aromatic heterocycles. The number of amides is 1. The standard InChI is InChI=1S/C27H34N4O4S/c1-20-12-16-31(17-13-20)27(32)25(6-5-15-29-26-7-3-4-14-28-26)30-36(33,34)24-11-9-21-18-23(35-2)10-8-22(21)19-24/h3-4,7-11,14,18-20,25,30H,5-6,12-13,15-17H2,1-2H3,(H,28,29). The lowest BCUT2D eigenvalue weighted by Gasteiger charge is -2.33. The number of nitrogens with zero attached hydrogens (tertiary/aromatic N) is 2. The van der Waals surface area contributed by atoms with E-state index in [2.05, 4.69) is 21.9 Å². The van der Waals surface area contributed by atoms with Crippen molar-refractivity contribution in [2.75, 3.05) is 32.1 Å². The highest BCUT2D eigenvalue weighted by Gasteiger charge is 2.30. The van der Waals surface area contributed by atoms with Crippen LogP contribution in [0, 0.1) is 5.92 Å². The van der Waals surface area contributed by atoms with E-state index >= 15 is 0 Å². The molecule has 2 heterocycles. The van der Waals surface area contributed by atoms with Crippen molar-refractivity contribution in [3.8, 4) is 5.75 Å². The van der Waals surface area contributed by atoms with E-state index in [1.807, 2.05) is 30.3 Å². The largest absolute Gasteiger partial charge is 0.497 e. The maximum Gasteiger partial charge on any atom is 0.241 e. The number of carbonyl (C=O) groups excluding carboxylic acids is 1. The number of aromatic nitrogens is 1. The molecule has 36 heavy (non-hydrogen) atoms. The monoisotopic (exact) mass is 510 g/mol. The van der Waals surface area contributed by atoms with Crippen LogP contribution in [0.2, 0.25) is 0 Å². The predicted octanol–water partition coefficient (Wildman–Crippen LogP) is 4.04. The molecule has 1 unspecified atom stereocenters. The first kappa shape index (κ1) is 25.9. The summed E-state index contributed by atoms with van der Waals surface area (Å²) in [7, 11) is -2.32. The summed E-state index contributed by atoms with van der Waals surface area (Å²) in [5, 5.41) is 4.89. The molecule has 1 aliphatic rings. The number of hydrogen-bond donors (Lipinski definition) is 2. The van der Waals surface area contributed by atoms with Gasteiger partial charge in [-0.2, -0.15) is 4.72 Å². The number of carbonyl (C=O) groups is 1. The van der Waals surface area contributed by atoms with Gasteiger partial charge in [-0.1, -0.05) is 25.1 Å². The number of fused-ring (bicyclic) bond motifs is 1. The second-order valence-electron chi connectivity index (χ2n) is 9.34. The minimum Gasteiger partial charge on any atom is -0.497 e. The van der Waals surface area contributed by atoms with Gasteiger partial charge in [0, 0.05) is 25.8 Å². The van der Waals surface area contributed by atoms with Crippen LogP contribution in [0.25, 0.3) is 10.8 Å². The number of ether oxygens (including phenoxy) is 1. The summed E-state index contributed by atoms with van der Waals surface area (Å²) in [5.41, 5.74) is 0. The molecule has 0 spiro atoms. The molecule has 192 valence electrons. The number of methoxy groups -OCH3 is 1. The molecule has 0 saturated carbocycles. The van der Waals surface area contributed by atoms with Crippen molar-refractivity contribution >= 4 is 32.5 Å². The lowest BCUT2D eigenvalue weighted by Crippen LogP contribution is -2.50. The first-order valence-electron chi connectivity index (χ1n) is 12.4. The van der Waals surface area contributed by atoms with E-state index in [9.17, 15) is 13.2 Å². The Labute approximate surface area is 213 Å². The Morgan fingerprint density at radius 1 is 1.11 bits per heavy atom. The smallest absolute Gasteiger partial charge is 0.241 e. The third kappa shape index (κ3) is 6.53. The second kappa shape index (κ2) is 11.7. The van der Waals surface area contributed by atoms with E-state index in [1.165, 1.54) is 0 Å². The Bertz CT molecular complexity index is 1280. The SMILES string of the molecule is COc1ccc2cc(S(=O)(=O)NC(CCCNc3ccccn3)C(=O)N3CCC(C)CC3)ccc2c1. The van der Waals surface area contributed by atoms with E-state index in [0.29, 0.717) is 44.1 Å². The maximum atomic E-state index is 13.4. The van der Waals surface area contributed by atoms with E-state index in [1.54, 1.807) is 42.5 Å². The molecule has 2 aromatic carbocycles. The fourth-order valence-electron chi connectivity index (χ4n) is 4.42. The van der Waals surface area contributed by atoms with Crippen molar-refractivity contribution in [3.05, 3.63) is 60.8 Å². The number of benzene rings is 2. The van der Waals surface area contributed by atoms with Crippen molar-refractivity contribution < 1.29 is 17.9 Å². The molecule has 1 atom stereocenters. The number of rotatable bonds is 10. The minimum atomic E-state index is -3.91. The van der Waals surface area contributed by atoms with Crippen LogP contribution >= 0.6 is 0 Å². The molecule has 1 saturated heterocycles. The van der Waals surface area contributed by atoms with E-state index < -0.39 is 16.1 Å². The first-order valence-corrected chi connectivity index (χ1v) is 13.9. The number of piperidine rings is 1. The fraction of sp³-hybridized carbons (Fsp3) is 0.407. The van der Waals surface area contributed by atoms with Gasteiger partial charge < -0.3 is 15.0 Å². The summed E-state index contributed by atoms with van der Waals surface area (Å²) in [6.45, 7) is 4.07. The highest BCUT2D eigenvalue weighted by Crippen LogP contribution is 2.24. The highest BCUT2D eigenvalue weighted by molar-refractivity contribution is 7.89. The number of hydrogen-bond acceptors (Lipinski definition) is 6. The number of anilines is 1. The van der Waals surface area contributed by atoms with Crippen molar-refractivity contribution in [1.82, 2.24) is 14.6 Å². The second-order valence-corrected chi connectivity index (χ2v) is 11.1. The van der Waals surface area contributed by atoms with Gasteiger partial charge in [-0.15, -0.1) is 0 Å². The average molecular weight is 511 g/mol. The molecule has 1 aliphatic heterocycles. The van der Waals surface area contributed by atoms with Gasteiger partial charge in [0.15, 0.2) is 0 Å². The van der Waals surface area contributed by atoms with Gasteiger partial charge in [-0.25, -0.2) is 13.4 Å². The van der Waals surface area contributed by atoms with Gasteiger partial charge in [-0.05, 0) is 78.8 Å². The Balaban J connectivity index is 1.49. The maximum absolute atomic E-state index is 13.4. The molecule has 3 aromatic rings. The van der Waals surface area contributed by atoms with Crippen LogP contribution in [0.3, 0.4) is 0 Å². The third-order valence-electron chi connectivity index (χ3n) is 6.66. The normalized spacial score (nSPS) is 15.6. The zero-order valence-corrected chi connectivity index (χ0v) is 21.6. The van der Waals surface area contributed by atoms with Gasteiger partial charge in [-0.3, -0.25) is 4.79 Å². The van der Waals surface area contributed by atoms with Crippen LogP contribution in [0.1, 0.15) is 32.6 Å². The summed E-state index contributed by atoms with van der Waals surface area (Å²) in [6, 6.07) is 15.2. The van der Waals surface area contributed by atoms with Crippen LogP contribution in [-0.2, 0) is 14.8 Å². The van der Waals surface area contributed by atoms with Gasteiger partial charge >= 0.3 is 0 Å². The lowest BCUT2D eigenvalue weighted by atomic mass is 9.98. The van der Waals surface area contributed by atoms with E-state index in [4.69, 9.17) is 4.74 Å². The van der Waals surface area contributed by atoms with Crippen molar-refractivity contribution in [2.45, 2.75) is 43.5 Å². The van der Waals surface area contributed by atoms with Gasteiger partial charge in [0.05, 0.1) is 12.0 Å². The number of sulfonamides is 1. The van der Waals surface area contributed by atoms with Gasteiger partial charge in [0.25, 0.3) is 0 Å². The van der Waals surface area contributed by atoms with Crippen LogP contribution < -0.4 is 14.8 Å². The third-order valence-corrected chi connectivity index (χ3v) is 8.13. The Morgan fingerprint density at radius 3 is 2.58 bits per heavy atom. The quantitative estimate of drug-likeness (QED) is 0.399. The molecule has 9 heteroatoms. The van der Waals surface area contributed by atoms with Crippen molar-refractivity contribution in [1.29, 1.82) is 0 Å². The van der Waals surface area contributed by atoms with Crippen LogP contribution in [0.15, 0.2) is 65.7 Å². The van der Waals surface area contributed by atoms with Crippen LogP contribution in [-0.4, -0.2) is 57.0 Å². The summed E-state index contributed by atoms with van der Waals surface area (Å²) >= 11 is 0. The highest BCUT2D eigenvalue weighted by atomic mass is 32.2. The van der Waals surface area contributed by atoms with Crippen LogP contribution in [0.5, 0.6) is 5.75 Å². The van der Waals surface area contributed by atoms with E-state index in [0.717, 1.165) is 29.4 Å². The molecule has 8 nitrogen and oxygen atoms in total. The Kier molecular flexibility index (Phi) is 8.43. The first-order chi connectivity index (χ1) is 17.4. The van der Waals surface area contributed by atoms with E-state index in [-0.39, 0.29) is 10.8 Å². The van der Waals surface area contributed by atoms with Gasteiger partial charge in [0.2, 0.25) is 15.9 Å². The Hall–Kier alpha value is -3.17. The van der Waals surface area contributed by atoms with Crippen LogP contribution in [0.4, 0.5) is 5.82 Å². The Morgan fingerprint density at radius 2 is 1.86 bits per heavy atom. The summed E-state index contributed by atoms with van der Waals surface area (Å²) in [6.07, 6.45) is 4.56. The molecule has 2 N–H and O–H groups in total. The molecule has 0 aliphatic carbocycles. The number of likely N-dealkylation sites (tertiary alicyclic amines) is 1. The average Bonchev–Trinajstić information content (AvgIpc) is 2.90. The van der Waals surface area contributed by atoms with Crippen molar-refractivity contribution in [3.63, 3.8) is 0 Å². The van der Waals surface area contributed by atoms with Gasteiger partial charge in [0.1, 0.15) is 17.6 Å².